The van der Waals surface area contributed by atoms with Gasteiger partial charge in [-0.25, -0.2) is 4.79 Å². The molecule has 2 amide bonds. The first-order chi connectivity index (χ1) is 13.8. The van der Waals surface area contributed by atoms with Gasteiger partial charge in [0.1, 0.15) is 10.6 Å². The molecule has 0 radical (unpaired) electrons. The molecular formula is C20H27N3O4S2. The van der Waals surface area contributed by atoms with Crippen molar-refractivity contribution in [1.29, 1.82) is 0 Å². The summed E-state index contributed by atoms with van der Waals surface area (Å²) in [5, 5.41) is 9.88. The van der Waals surface area contributed by atoms with Gasteiger partial charge in [0.15, 0.2) is 0 Å². The van der Waals surface area contributed by atoms with Crippen molar-refractivity contribution in [3.8, 4) is 10.4 Å². The monoisotopic (exact) mass is 437 g/mol. The van der Waals surface area contributed by atoms with Crippen molar-refractivity contribution in [3.63, 3.8) is 0 Å². The van der Waals surface area contributed by atoms with Gasteiger partial charge in [0.25, 0.3) is 0 Å². The molecule has 7 nitrogen and oxygen atoms in total. The van der Waals surface area contributed by atoms with Crippen LogP contribution in [0.2, 0.25) is 0 Å². The Labute approximate surface area is 179 Å². The molecule has 0 spiro atoms. The summed E-state index contributed by atoms with van der Waals surface area (Å²) < 4.78 is 5.20. The van der Waals surface area contributed by atoms with E-state index in [2.05, 4.69) is 10.6 Å². The van der Waals surface area contributed by atoms with Crippen molar-refractivity contribution in [2.45, 2.75) is 33.7 Å². The minimum absolute atomic E-state index is 0.0453. The van der Waals surface area contributed by atoms with Gasteiger partial charge in [-0.2, -0.15) is 0 Å². The summed E-state index contributed by atoms with van der Waals surface area (Å²) in [5.41, 5.74) is 1.12. The maximum atomic E-state index is 12.6. The summed E-state index contributed by atoms with van der Waals surface area (Å²) in [5.74, 6) is -0.872. The van der Waals surface area contributed by atoms with E-state index in [0.717, 1.165) is 10.4 Å². The Bertz CT molecular complexity index is 831. The Hall–Kier alpha value is -2.23. The van der Waals surface area contributed by atoms with Crippen molar-refractivity contribution in [1.82, 2.24) is 10.2 Å². The molecule has 0 atom stereocenters. The normalized spacial score (nSPS) is 11.0. The summed E-state index contributed by atoms with van der Waals surface area (Å²) in [6.07, 6.45) is 0. The Balaban J connectivity index is 2.13. The van der Waals surface area contributed by atoms with Crippen LogP contribution in [0.1, 0.15) is 38.1 Å². The van der Waals surface area contributed by atoms with Gasteiger partial charge in [0, 0.05) is 21.9 Å². The van der Waals surface area contributed by atoms with Crippen molar-refractivity contribution >= 4 is 45.5 Å². The smallest absolute Gasteiger partial charge is 0.341 e. The highest BCUT2D eigenvalue weighted by Crippen LogP contribution is 2.38. The Morgan fingerprint density at radius 2 is 1.86 bits per heavy atom. The average Bonchev–Trinajstić information content (AvgIpc) is 3.29. The number of carbonyl (C=O) groups is 3. The van der Waals surface area contributed by atoms with Crippen LogP contribution in [0, 0.1) is 0 Å². The number of ether oxygens (including phenoxy) is 1. The van der Waals surface area contributed by atoms with Crippen LogP contribution >= 0.6 is 22.7 Å². The number of nitrogens with zero attached hydrogens (tertiary/aromatic N) is 1. The maximum absolute atomic E-state index is 12.6. The third-order valence-corrected chi connectivity index (χ3v) is 5.74. The quantitative estimate of drug-likeness (QED) is 0.556. The molecule has 0 saturated carbocycles. The fourth-order valence-corrected chi connectivity index (χ4v) is 4.48. The molecule has 0 unspecified atom stereocenters. The van der Waals surface area contributed by atoms with Crippen molar-refractivity contribution in [3.05, 3.63) is 28.5 Å². The van der Waals surface area contributed by atoms with Gasteiger partial charge >= 0.3 is 5.97 Å². The van der Waals surface area contributed by atoms with Crippen LogP contribution in [0.25, 0.3) is 10.4 Å². The van der Waals surface area contributed by atoms with Gasteiger partial charge in [-0.1, -0.05) is 13.0 Å². The van der Waals surface area contributed by atoms with Crippen LogP contribution in [0.15, 0.2) is 22.9 Å². The number of hydrogen-bond acceptors (Lipinski definition) is 7. The van der Waals surface area contributed by atoms with Crippen molar-refractivity contribution < 1.29 is 19.1 Å². The third kappa shape index (κ3) is 6.66. The van der Waals surface area contributed by atoms with E-state index in [0.29, 0.717) is 17.1 Å². The second-order valence-corrected chi connectivity index (χ2v) is 8.45. The fourth-order valence-electron chi connectivity index (χ4n) is 2.69. The molecule has 2 aromatic rings. The highest BCUT2D eigenvalue weighted by molar-refractivity contribution is 7.17. The average molecular weight is 438 g/mol. The molecule has 9 heteroatoms. The number of rotatable bonds is 10. The third-order valence-electron chi connectivity index (χ3n) is 3.94. The molecule has 2 aromatic heterocycles. The lowest BCUT2D eigenvalue weighted by Gasteiger charge is -2.20. The van der Waals surface area contributed by atoms with Gasteiger partial charge < -0.3 is 15.4 Å². The van der Waals surface area contributed by atoms with E-state index in [9.17, 15) is 14.4 Å². The van der Waals surface area contributed by atoms with Crippen LogP contribution in [0.3, 0.4) is 0 Å². The molecule has 158 valence electrons. The van der Waals surface area contributed by atoms with Gasteiger partial charge in [-0.3, -0.25) is 14.5 Å². The van der Waals surface area contributed by atoms with E-state index in [-0.39, 0.29) is 37.6 Å². The lowest BCUT2D eigenvalue weighted by molar-refractivity contribution is -0.123. The number of likely N-dealkylation sites (N-methyl/N-ethyl adjacent to an activating group) is 1. The van der Waals surface area contributed by atoms with E-state index in [1.54, 1.807) is 11.8 Å². The number of anilines is 1. The maximum Gasteiger partial charge on any atom is 0.341 e. The molecule has 2 heterocycles. The Kier molecular flexibility index (Phi) is 8.81. The lowest BCUT2D eigenvalue weighted by atomic mass is 10.1. The Morgan fingerprint density at radius 3 is 2.45 bits per heavy atom. The molecule has 0 aliphatic rings. The van der Waals surface area contributed by atoms with E-state index in [4.69, 9.17) is 4.74 Å². The van der Waals surface area contributed by atoms with Gasteiger partial charge in [-0.05, 0) is 38.8 Å². The molecular weight excluding hydrogens is 410 g/mol. The summed E-state index contributed by atoms with van der Waals surface area (Å²) in [7, 11) is 0. The summed E-state index contributed by atoms with van der Waals surface area (Å²) in [6, 6.07) is 3.88. The van der Waals surface area contributed by atoms with Gasteiger partial charge in [0.05, 0.1) is 19.7 Å². The molecule has 29 heavy (non-hydrogen) atoms. The van der Waals surface area contributed by atoms with Crippen LogP contribution in [0.5, 0.6) is 0 Å². The van der Waals surface area contributed by atoms with Crippen LogP contribution in [-0.4, -0.2) is 55.0 Å². The van der Waals surface area contributed by atoms with Crippen LogP contribution < -0.4 is 10.6 Å². The molecule has 0 bridgehead atoms. The van der Waals surface area contributed by atoms with Crippen LogP contribution in [0.4, 0.5) is 5.00 Å². The molecule has 0 saturated heterocycles. The second kappa shape index (κ2) is 11.1. The zero-order valence-corrected chi connectivity index (χ0v) is 18.7. The van der Waals surface area contributed by atoms with E-state index in [1.165, 1.54) is 22.7 Å². The van der Waals surface area contributed by atoms with E-state index < -0.39 is 5.97 Å². The first kappa shape index (κ1) is 23.1. The standard InChI is InChI=1S/C20H27N3O4S2/c1-5-23(10-16(24)21-13(3)4)11-17(25)22-19-18(20(26)27-6-2)14(12-29-19)15-8-7-9-28-15/h7-9,12-13H,5-6,10-11H2,1-4H3,(H,21,24)(H,22,25). The highest BCUT2D eigenvalue weighted by atomic mass is 32.1. The topological polar surface area (TPSA) is 87.7 Å². The van der Waals surface area contributed by atoms with Gasteiger partial charge in [0.2, 0.25) is 11.8 Å². The lowest BCUT2D eigenvalue weighted by Crippen LogP contribution is -2.42. The number of thiophene rings is 2. The first-order valence-electron chi connectivity index (χ1n) is 9.49. The number of hydrogen-bond donors (Lipinski definition) is 2. The number of nitrogens with one attached hydrogen (secondary N) is 2. The molecule has 2 rings (SSSR count). The predicted octanol–water partition coefficient (Wildman–Crippen LogP) is 3.44. The van der Waals surface area contributed by atoms with E-state index >= 15 is 0 Å². The SMILES string of the molecule is CCOC(=O)c1c(-c2cccs2)csc1NC(=O)CN(CC)CC(=O)NC(C)C. The van der Waals surface area contributed by atoms with Gasteiger partial charge in [-0.15, -0.1) is 22.7 Å². The first-order valence-corrected chi connectivity index (χ1v) is 11.3. The molecule has 0 aliphatic carbocycles. The van der Waals surface area contributed by atoms with Crippen molar-refractivity contribution in [2.75, 3.05) is 31.6 Å². The van der Waals surface area contributed by atoms with Crippen LogP contribution in [-0.2, 0) is 14.3 Å². The molecule has 0 aliphatic heterocycles. The highest BCUT2D eigenvalue weighted by Gasteiger charge is 2.24. The zero-order valence-electron chi connectivity index (χ0n) is 17.1. The molecule has 0 aromatic carbocycles. The van der Waals surface area contributed by atoms with Crippen molar-refractivity contribution in [2.24, 2.45) is 0 Å². The fraction of sp³-hybridized carbons (Fsp3) is 0.450. The number of amides is 2. The molecule has 2 N–H and O–H groups in total. The number of carbonyl (C=O) groups excluding carboxylic acids is 3. The minimum atomic E-state index is -0.462. The summed E-state index contributed by atoms with van der Waals surface area (Å²) >= 11 is 2.81. The molecule has 0 fully saturated rings. The zero-order chi connectivity index (χ0) is 21.4. The summed E-state index contributed by atoms with van der Waals surface area (Å²) in [6.45, 7) is 8.40. The predicted molar refractivity (Wildman–Crippen MR) is 118 cm³/mol. The second-order valence-electron chi connectivity index (χ2n) is 6.62. The Morgan fingerprint density at radius 1 is 1.14 bits per heavy atom. The minimum Gasteiger partial charge on any atom is -0.462 e. The van der Waals surface area contributed by atoms with E-state index in [1.807, 2.05) is 43.7 Å². The summed E-state index contributed by atoms with van der Waals surface area (Å²) in [4.78, 5) is 39.8. The largest absolute Gasteiger partial charge is 0.462 e. The number of esters is 1.